The molecule has 2 aliphatic heterocycles. The summed E-state index contributed by atoms with van der Waals surface area (Å²) in [5, 5.41) is 0. The highest BCUT2D eigenvalue weighted by molar-refractivity contribution is 5.94. The molecule has 3 aromatic carbocycles. The average molecular weight is 434 g/mol. The van der Waals surface area contributed by atoms with Crippen molar-refractivity contribution in [2.45, 2.75) is 6.54 Å². The second-order valence-corrected chi connectivity index (χ2v) is 7.84. The maximum absolute atomic E-state index is 13.1. The summed E-state index contributed by atoms with van der Waals surface area (Å²) in [4.78, 5) is 17.0. The minimum Gasteiger partial charge on any atom is -0.457 e. The molecule has 0 saturated carbocycles. The lowest BCUT2D eigenvalue weighted by molar-refractivity contribution is 0.0628. The number of carbonyl (C=O) groups excluding carboxylic acids is 1. The van der Waals surface area contributed by atoms with Crippen molar-refractivity contribution in [2.75, 3.05) is 33.0 Å². The number of nitrogens with zero attached hydrogens (tertiary/aromatic N) is 2. The number of rotatable bonds is 5. The number of hydrogen-bond donors (Lipinski definition) is 0. The number of carbonyl (C=O) groups is 1. The third kappa shape index (κ3) is 4.53. The largest absolute Gasteiger partial charge is 0.457 e. The third-order valence-electron chi connectivity index (χ3n) is 5.66. The first-order chi connectivity index (χ1) is 15.6. The predicted molar refractivity (Wildman–Crippen MR) is 117 cm³/mol. The molecule has 1 saturated heterocycles. The molecule has 0 bridgehead atoms. The molecule has 1 fully saturated rings. The van der Waals surface area contributed by atoms with E-state index in [0.717, 1.165) is 25.2 Å². The van der Waals surface area contributed by atoms with Crippen LogP contribution in [0.25, 0.3) is 0 Å². The van der Waals surface area contributed by atoms with E-state index in [1.807, 2.05) is 17.0 Å². The Hall–Kier alpha value is -3.58. The molecule has 3 aromatic rings. The van der Waals surface area contributed by atoms with Gasteiger partial charge in [0.1, 0.15) is 17.3 Å². The summed E-state index contributed by atoms with van der Waals surface area (Å²) in [6.45, 7) is 3.87. The fourth-order valence-corrected chi connectivity index (χ4v) is 3.88. The van der Waals surface area contributed by atoms with Gasteiger partial charge in [0.2, 0.25) is 6.79 Å². The number of ether oxygens (including phenoxy) is 3. The molecule has 2 heterocycles. The normalized spacial score (nSPS) is 15.6. The van der Waals surface area contributed by atoms with Gasteiger partial charge in [0.05, 0.1) is 0 Å². The number of hydrogen-bond acceptors (Lipinski definition) is 5. The zero-order valence-electron chi connectivity index (χ0n) is 17.5. The fourth-order valence-electron chi connectivity index (χ4n) is 3.88. The molecule has 0 atom stereocenters. The molecule has 5 rings (SSSR count). The van der Waals surface area contributed by atoms with Crippen molar-refractivity contribution >= 4 is 5.91 Å². The van der Waals surface area contributed by atoms with Crippen LogP contribution in [0.15, 0.2) is 66.7 Å². The minimum absolute atomic E-state index is 0.0149. The van der Waals surface area contributed by atoms with E-state index >= 15 is 0 Å². The van der Waals surface area contributed by atoms with E-state index in [1.54, 1.807) is 42.5 Å². The second kappa shape index (κ2) is 8.88. The van der Waals surface area contributed by atoms with E-state index in [1.165, 1.54) is 12.1 Å². The summed E-state index contributed by atoms with van der Waals surface area (Å²) in [7, 11) is 0. The highest BCUT2D eigenvalue weighted by Gasteiger charge is 2.22. The van der Waals surface area contributed by atoms with Crippen molar-refractivity contribution in [3.63, 3.8) is 0 Å². The van der Waals surface area contributed by atoms with Crippen LogP contribution in [0.5, 0.6) is 23.0 Å². The van der Waals surface area contributed by atoms with Crippen LogP contribution in [0.1, 0.15) is 15.9 Å². The van der Waals surface area contributed by atoms with Gasteiger partial charge in [-0.2, -0.15) is 0 Å². The van der Waals surface area contributed by atoms with Gasteiger partial charge in [-0.15, -0.1) is 0 Å². The lowest BCUT2D eigenvalue weighted by atomic mass is 10.1. The first kappa shape index (κ1) is 20.3. The summed E-state index contributed by atoms with van der Waals surface area (Å²) in [5.74, 6) is 2.44. The van der Waals surface area contributed by atoms with Crippen molar-refractivity contribution in [2.24, 2.45) is 0 Å². The summed E-state index contributed by atoms with van der Waals surface area (Å²) in [5.41, 5.74) is 1.71. The molecular formula is C25H23FN2O4. The number of amides is 1. The molecule has 0 N–H and O–H groups in total. The molecule has 0 aliphatic carbocycles. The molecule has 0 aromatic heterocycles. The van der Waals surface area contributed by atoms with Crippen molar-refractivity contribution in [3.05, 3.63) is 83.7 Å². The minimum atomic E-state index is -0.225. The van der Waals surface area contributed by atoms with E-state index in [9.17, 15) is 9.18 Å². The topological polar surface area (TPSA) is 51.2 Å². The monoisotopic (exact) mass is 434 g/mol. The summed E-state index contributed by atoms with van der Waals surface area (Å²) in [6, 6.07) is 19.1. The summed E-state index contributed by atoms with van der Waals surface area (Å²) >= 11 is 0. The molecule has 164 valence electrons. The maximum Gasteiger partial charge on any atom is 0.253 e. The smallest absolute Gasteiger partial charge is 0.253 e. The SMILES string of the molecule is O=C(c1ccc(Oc2ccc3c(c2)OCO3)cc1)N1CCN(Cc2ccc(F)cc2)CC1. The van der Waals surface area contributed by atoms with E-state index in [-0.39, 0.29) is 18.5 Å². The standard InChI is InChI=1S/C25H23FN2O4/c26-20-5-1-18(2-6-20)16-27-11-13-28(14-12-27)25(29)19-3-7-21(8-4-19)32-22-9-10-23-24(15-22)31-17-30-23/h1-10,15H,11-14,16-17H2. The Labute approximate surface area is 185 Å². The van der Waals surface area contributed by atoms with Crippen LogP contribution < -0.4 is 14.2 Å². The Morgan fingerprint density at radius 1 is 0.844 bits per heavy atom. The van der Waals surface area contributed by atoms with Crippen molar-refractivity contribution in [1.29, 1.82) is 0 Å². The molecule has 0 spiro atoms. The predicted octanol–water partition coefficient (Wildman–Crippen LogP) is 4.30. The lowest BCUT2D eigenvalue weighted by Gasteiger charge is -2.34. The van der Waals surface area contributed by atoms with Crippen LogP contribution in [-0.4, -0.2) is 48.7 Å². The van der Waals surface area contributed by atoms with Gasteiger partial charge in [-0.3, -0.25) is 9.69 Å². The van der Waals surface area contributed by atoms with Crippen LogP contribution in [-0.2, 0) is 6.54 Å². The van der Waals surface area contributed by atoms with E-state index in [0.29, 0.717) is 41.7 Å². The molecule has 6 nitrogen and oxygen atoms in total. The fraction of sp³-hybridized carbons (Fsp3) is 0.240. The van der Waals surface area contributed by atoms with Gasteiger partial charge < -0.3 is 19.1 Å². The van der Waals surface area contributed by atoms with Gasteiger partial charge >= 0.3 is 0 Å². The van der Waals surface area contributed by atoms with E-state index < -0.39 is 0 Å². The first-order valence-electron chi connectivity index (χ1n) is 10.6. The van der Waals surface area contributed by atoms with Crippen molar-refractivity contribution < 1.29 is 23.4 Å². The van der Waals surface area contributed by atoms with Crippen molar-refractivity contribution in [1.82, 2.24) is 9.80 Å². The second-order valence-electron chi connectivity index (χ2n) is 7.84. The molecule has 0 unspecified atom stereocenters. The van der Waals surface area contributed by atoms with Crippen LogP contribution in [0.4, 0.5) is 4.39 Å². The average Bonchev–Trinajstić information content (AvgIpc) is 3.29. The van der Waals surface area contributed by atoms with Crippen LogP contribution >= 0.6 is 0 Å². The summed E-state index contributed by atoms with van der Waals surface area (Å²) in [6.07, 6.45) is 0. The third-order valence-corrected chi connectivity index (χ3v) is 5.66. The zero-order valence-corrected chi connectivity index (χ0v) is 17.5. The Morgan fingerprint density at radius 2 is 1.53 bits per heavy atom. The van der Waals surface area contributed by atoms with Crippen LogP contribution in [0.2, 0.25) is 0 Å². The van der Waals surface area contributed by atoms with Gasteiger partial charge in [0, 0.05) is 44.4 Å². The van der Waals surface area contributed by atoms with Gasteiger partial charge in [-0.05, 0) is 54.1 Å². The molecular weight excluding hydrogens is 411 g/mol. The lowest BCUT2D eigenvalue weighted by Crippen LogP contribution is -2.48. The number of halogens is 1. The first-order valence-corrected chi connectivity index (χ1v) is 10.6. The number of fused-ring (bicyclic) bond motifs is 1. The summed E-state index contributed by atoms with van der Waals surface area (Å²) < 4.78 is 29.6. The molecule has 7 heteroatoms. The number of benzene rings is 3. The van der Waals surface area contributed by atoms with Crippen LogP contribution in [0, 0.1) is 5.82 Å². The maximum atomic E-state index is 13.1. The number of piperazine rings is 1. The molecule has 32 heavy (non-hydrogen) atoms. The molecule has 1 amide bonds. The van der Waals surface area contributed by atoms with Crippen molar-refractivity contribution in [3.8, 4) is 23.0 Å². The van der Waals surface area contributed by atoms with Gasteiger partial charge in [0.25, 0.3) is 5.91 Å². The van der Waals surface area contributed by atoms with E-state index in [2.05, 4.69) is 4.90 Å². The van der Waals surface area contributed by atoms with Gasteiger partial charge in [-0.25, -0.2) is 4.39 Å². The van der Waals surface area contributed by atoms with E-state index in [4.69, 9.17) is 14.2 Å². The molecule has 2 aliphatic rings. The Morgan fingerprint density at radius 3 is 2.28 bits per heavy atom. The Bertz CT molecular complexity index is 1090. The Balaban J connectivity index is 1.15. The highest BCUT2D eigenvalue weighted by Crippen LogP contribution is 2.36. The van der Waals surface area contributed by atoms with Crippen LogP contribution in [0.3, 0.4) is 0 Å². The zero-order chi connectivity index (χ0) is 21.9. The molecule has 0 radical (unpaired) electrons. The Kier molecular flexibility index (Phi) is 5.64. The highest BCUT2D eigenvalue weighted by atomic mass is 19.1. The quantitative estimate of drug-likeness (QED) is 0.599. The van der Waals surface area contributed by atoms with Gasteiger partial charge in [-0.1, -0.05) is 12.1 Å². The van der Waals surface area contributed by atoms with Gasteiger partial charge in [0.15, 0.2) is 11.5 Å².